The van der Waals surface area contributed by atoms with Crippen molar-refractivity contribution in [2.45, 2.75) is 13.8 Å². The van der Waals surface area contributed by atoms with Gasteiger partial charge in [-0.1, -0.05) is 0 Å². The van der Waals surface area contributed by atoms with E-state index in [4.69, 9.17) is 5.73 Å². The molecule has 0 unspecified atom stereocenters. The lowest BCUT2D eigenvalue weighted by atomic mass is 10.1. The number of nitrogens with one attached hydrogen (secondary N) is 1. The monoisotopic (exact) mass is 286 g/mol. The summed E-state index contributed by atoms with van der Waals surface area (Å²) in [7, 11) is 0. The third kappa shape index (κ3) is 3.33. The first-order valence-corrected chi connectivity index (χ1v) is 6.17. The Balaban J connectivity index is 2.31. The van der Waals surface area contributed by atoms with Crippen molar-refractivity contribution in [3.05, 3.63) is 57.3 Å². The molecule has 2 rings (SSSR count). The van der Waals surface area contributed by atoms with Gasteiger partial charge >= 0.3 is 0 Å². The highest BCUT2D eigenvalue weighted by Gasteiger charge is 2.16. The molecule has 0 spiro atoms. The predicted octanol–water partition coefficient (Wildman–Crippen LogP) is 2.44. The predicted molar refractivity (Wildman–Crippen MR) is 79.2 cm³/mol. The maximum Gasteiger partial charge on any atom is 0.270 e. The number of carbonyl (C=O) groups is 1. The molecule has 7 nitrogen and oxygen atoms in total. The van der Waals surface area contributed by atoms with Gasteiger partial charge in [0, 0.05) is 23.5 Å². The Kier molecular flexibility index (Phi) is 3.84. The van der Waals surface area contributed by atoms with Crippen LogP contribution < -0.4 is 11.1 Å². The number of nitro groups is 1. The highest BCUT2D eigenvalue weighted by atomic mass is 16.6. The quantitative estimate of drug-likeness (QED) is 0.511. The topological polar surface area (TPSA) is 111 Å². The minimum atomic E-state index is -0.578. The number of amides is 1. The molecule has 0 aliphatic carbocycles. The second-order valence-corrected chi connectivity index (χ2v) is 4.65. The van der Waals surface area contributed by atoms with Crippen molar-refractivity contribution in [2.75, 3.05) is 11.1 Å². The Morgan fingerprint density at radius 1 is 1.29 bits per heavy atom. The maximum atomic E-state index is 12.2. The van der Waals surface area contributed by atoms with Crippen molar-refractivity contribution >= 4 is 23.1 Å². The second kappa shape index (κ2) is 5.58. The molecule has 0 saturated carbocycles. The molecule has 1 aromatic carbocycles. The number of nitrogens with zero attached hydrogens (tertiary/aromatic N) is 2. The van der Waals surface area contributed by atoms with Crippen LogP contribution in [0.2, 0.25) is 0 Å². The lowest BCUT2D eigenvalue weighted by Gasteiger charge is -2.08. The molecule has 0 radical (unpaired) electrons. The van der Waals surface area contributed by atoms with Gasteiger partial charge < -0.3 is 11.1 Å². The van der Waals surface area contributed by atoms with Gasteiger partial charge in [-0.05, 0) is 37.6 Å². The maximum absolute atomic E-state index is 12.2. The van der Waals surface area contributed by atoms with Crippen LogP contribution >= 0.6 is 0 Å². The first-order valence-electron chi connectivity index (χ1n) is 6.17. The lowest BCUT2D eigenvalue weighted by Crippen LogP contribution is -2.15. The molecule has 1 amide bonds. The van der Waals surface area contributed by atoms with Crippen molar-refractivity contribution in [1.82, 2.24) is 4.98 Å². The van der Waals surface area contributed by atoms with Crippen LogP contribution in [0.4, 0.5) is 17.2 Å². The molecular weight excluding hydrogens is 272 g/mol. The van der Waals surface area contributed by atoms with E-state index in [0.717, 1.165) is 17.3 Å². The zero-order valence-electron chi connectivity index (χ0n) is 11.6. The summed E-state index contributed by atoms with van der Waals surface area (Å²) in [5, 5.41) is 13.3. The number of nitro benzene ring substituents is 1. The van der Waals surface area contributed by atoms with E-state index in [1.54, 1.807) is 6.07 Å². The number of nitrogens with two attached hydrogens (primary N) is 1. The van der Waals surface area contributed by atoms with Crippen molar-refractivity contribution in [2.24, 2.45) is 0 Å². The SMILES string of the molecule is Cc1cc(C)nc(NC(=O)c2cc([N+](=O)[O-])ccc2N)c1. The van der Waals surface area contributed by atoms with Gasteiger partial charge in [-0.15, -0.1) is 0 Å². The molecule has 3 N–H and O–H groups in total. The number of pyridine rings is 1. The van der Waals surface area contributed by atoms with Crippen molar-refractivity contribution in [3.63, 3.8) is 0 Å². The van der Waals surface area contributed by atoms with Crippen LogP contribution in [-0.2, 0) is 0 Å². The largest absolute Gasteiger partial charge is 0.398 e. The van der Waals surface area contributed by atoms with E-state index in [1.807, 2.05) is 19.9 Å². The summed E-state index contributed by atoms with van der Waals surface area (Å²) in [6.45, 7) is 3.69. The number of aromatic nitrogens is 1. The molecule has 0 atom stereocenters. The zero-order valence-corrected chi connectivity index (χ0v) is 11.6. The van der Waals surface area contributed by atoms with Crippen molar-refractivity contribution < 1.29 is 9.72 Å². The number of aryl methyl sites for hydroxylation is 2. The molecule has 0 aliphatic rings. The summed E-state index contributed by atoms with van der Waals surface area (Å²) in [5.74, 6) is -0.155. The molecule has 0 aliphatic heterocycles. The van der Waals surface area contributed by atoms with Gasteiger partial charge in [-0.25, -0.2) is 4.98 Å². The molecule has 21 heavy (non-hydrogen) atoms. The van der Waals surface area contributed by atoms with Crippen LogP contribution in [0.1, 0.15) is 21.6 Å². The highest BCUT2D eigenvalue weighted by molar-refractivity contribution is 6.07. The summed E-state index contributed by atoms with van der Waals surface area (Å²) in [5.41, 5.74) is 7.43. The number of rotatable bonds is 3. The zero-order chi connectivity index (χ0) is 15.6. The van der Waals surface area contributed by atoms with Crippen molar-refractivity contribution in [3.8, 4) is 0 Å². The molecule has 2 aromatic rings. The smallest absolute Gasteiger partial charge is 0.270 e. The lowest BCUT2D eigenvalue weighted by molar-refractivity contribution is -0.384. The Bertz CT molecular complexity index is 708. The van der Waals surface area contributed by atoms with E-state index in [9.17, 15) is 14.9 Å². The number of benzene rings is 1. The summed E-state index contributed by atoms with van der Waals surface area (Å²) in [6.07, 6.45) is 0. The van der Waals surface area contributed by atoms with E-state index in [-0.39, 0.29) is 16.9 Å². The van der Waals surface area contributed by atoms with E-state index < -0.39 is 10.8 Å². The average molecular weight is 286 g/mol. The van der Waals surface area contributed by atoms with Gasteiger partial charge in [0.25, 0.3) is 11.6 Å². The van der Waals surface area contributed by atoms with Gasteiger partial charge in [0.1, 0.15) is 5.82 Å². The molecule has 108 valence electrons. The normalized spacial score (nSPS) is 10.2. The highest BCUT2D eigenvalue weighted by Crippen LogP contribution is 2.21. The van der Waals surface area contributed by atoms with Gasteiger partial charge in [0.05, 0.1) is 10.5 Å². The summed E-state index contributed by atoms with van der Waals surface area (Å²) in [6, 6.07) is 7.31. The van der Waals surface area contributed by atoms with E-state index in [0.29, 0.717) is 5.82 Å². The van der Waals surface area contributed by atoms with E-state index in [2.05, 4.69) is 10.3 Å². The fourth-order valence-corrected chi connectivity index (χ4v) is 1.94. The van der Waals surface area contributed by atoms with Crippen LogP contribution in [0.15, 0.2) is 30.3 Å². The van der Waals surface area contributed by atoms with Crippen molar-refractivity contribution in [1.29, 1.82) is 0 Å². The first kappa shape index (κ1) is 14.4. The number of hydrogen-bond donors (Lipinski definition) is 2. The van der Waals surface area contributed by atoms with E-state index in [1.165, 1.54) is 12.1 Å². The number of hydrogen-bond acceptors (Lipinski definition) is 5. The molecule has 0 saturated heterocycles. The second-order valence-electron chi connectivity index (χ2n) is 4.65. The van der Waals surface area contributed by atoms with Gasteiger partial charge in [0.15, 0.2) is 0 Å². The van der Waals surface area contributed by atoms with Gasteiger partial charge in [-0.2, -0.15) is 0 Å². The van der Waals surface area contributed by atoms with Crippen LogP contribution in [0, 0.1) is 24.0 Å². The summed E-state index contributed by atoms with van der Waals surface area (Å²) < 4.78 is 0. The van der Waals surface area contributed by atoms with Gasteiger partial charge in [-0.3, -0.25) is 14.9 Å². The van der Waals surface area contributed by atoms with Crippen LogP contribution in [-0.4, -0.2) is 15.8 Å². The van der Waals surface area contributed by atoms with Gasteiger partial charge in [0.2, 0.25) is 0 Å². The fourth-order valence-electron chi connectivity index (χ4n) is 1.94. The van der Waals surface area contributed by atoms with Crippen LogP contribution in [0.25, 0.3) is 0 Å². The standard InChI is InChI=1S/C14H14N4O3/c1-8-5-9(2)16-13(6-8)17-14(19)11-7-10(18(20)21)3-4-12(11)15/h3-7H,15H2,1-2H3,(H,16,17,19). The number of anilines is 2. The summed E-state index contributed by atoms with van der Waals surface area (Å²) >= 11 is 0. The Morgan fingerprint density at radius 2 is 2.00 bits per heavy atom. The Hall–Kier alpha value is -2.96. The third-order valence-corrected chi connectivity index (χ3v) is 2.83. The third-order valence-electron chi connectivity index (χ3n) is 2.83. The first-order chi connectivity index (χ1) is 9.86. The minimum Gasteiger partial charge on any atom is -0.398 e. The number of nitrogen functional groups attached to an aromatic ring is 1. The Labute approximate surface area is 121 Å². The molecule has 0 bridgehead atoms. The fraction of sp³-hybridized carbons (Fsp3) is 0.143. The van der Waals surface area contributed by atoms with E-state index >= 15 is 0 Å². The molecular formula is C14H14N4O3. The molecule has 7 heteroatoms. The minimum absolute atomic E-state index is 0.0464. The molecule has 0 fully saturated rings. The molecule has 1 aromatic heterocycles. The van der Waals surface area contributed by atoms with Crippen LogP contribution in [0.5, 0.6) is 0 Å². The summed E-state index contributed by atoms with van der Waals surface area (Å²) in [4.78, 5) is 26.5. The average Bonchev–Trinajstić information content (AvgIpc) is 2.37. The van der Waals surface area contributed by atoms with Crippen LogP contribution in [0.3, 0.4) is 0 Å². The Morgan fingerprint density at radius 3 is 2.62 bits per heavy atom. The number of carbonyl (C=O) groups excluding carboxylic acids is 1. The number of non-ortho nitro benzene ring substituents is 1. The molecule has 1 heterocycles.